The van der Waals surface area contributed by atoms with Gasteiger partial charge in [0.1, 0.15) is 5.75 Å². The van der Waals surface area contributed by atoms with Gasteiger partial charge in [-0.05, 0) is 19.1 Å². The van der Waals surface area contributed by atoms with Crippen LogP contribution in [0.5, 0.6) is 5.75 Å². The summed E-state index contributed by atoms with van der Waals surface area (Å²) in [5.74, 6) is 9.10. The monoisotopic (exact) mass is 429 g/mol. The highest BCUT2D eigenvalue weighted by atomic mass is 32.2. The van der Waals surface area contributed by atoms with Crippen LogP contribution in [0.15, 0.2) is 40.7 Å². The average Bonchev–Trinajstić information content (AvgIpc) is 3.07. The van der Waals surface area contributed by atoms with E-state index in [0.717, 1.165) is 27.0 Å². The Bertz CT molecular complexity index is 1130. The van der Waals surface area contributed by atoms with Gasteiger partial charge in [0.2, 0.25) is 5.91 Å². The number of carbonyl (C=O) groups is 1. The lowest BCUT2D eigenvalue weighted by atomic mass is 10.2. The van der Waals surface area contributed by atoms with Crippen molar-refractivity contribution < 1.29 is 9.53 Å². The summed E-state index contributed by atoms with van der Waals surface area (Å²) >= 11 is 1.39. The maximum atomic E-state index is 11.3. The molecule has 3 rings (SSSR count). The van der Waals surface area contributed by atoms with Gasteiger partial charge in [0.25, 0.3) is 0 Å². The minimum Gasteiger partial charge on any atom is -0.497 e. The minimum atomic E-state index is -1.84. The van der Waals surface area contributed by atoms with Gasteiger partial charge >= 0.3 is 0 Å². The smallest absolute Gasteiger partial charge is 0.223 e. The van der Waals surface area contributed by atoms with Crippen molar-refractivity contribution in [3.63, 3.8) is 0 Å². The molecule has 0 aliphatic rings. The van der Waals surface area contributed by atoms with Crippen LogP contribution in [0.1, 0.15) is 18.3 Å². The van der Waals surface area contributed by atoms with Gasteiger partial charge in [0.15, 0.2) is 5.13 Å². The molecule has 3 aromatic heterocycles. The zero-order valence-corrected chi connectivity index (χ0v) is 18.2. The van der Waals surface area contributed by atoms with Crippen molar-refractivity contribution in [1.29, 1.82) is 0 Å². The molecule has 1 amide bonds. The molecular weight excluding hydrogens is 406 g/mol. The molecule has 7 nitrogen and oxygen atoms in total. The first-order chi connectivity index (χ1) is 13.8. The second kappa shape index (κ2) is 8.73. The van der Waals surface area contributed by atoms with Gasteiger partial charge in [-0.25, -0.2) is 9.97 Å². The quantitative estimate of drug-likeness (QED) is 0.558. The molecule has 3 aromatic rings. The van der Waals surface area contributed by atoms with Crippen molar-refractivity contribution in [2.24, 2.45) is 0 Å². The molecule has 152 valence electrons. The van der Waals surface area contributed by atoms with Gasteiger partial charge in [-0.2, -0.15) is 0 Å². The molecule has 0 saturated carbocycles. The van der Waals surface area contributed by atoms with Crippen LogP contribution in [-0.2, 0) is 11.3 Å². The molecule has 0 bridgehead atoms. The van der Waals surface area contributed by atoms with E-state index in [4.69, 9.17) is 9.72 Å². The van der Waals surface area contributed by atoms with Crippen molar-refractivity contribution in [3.05, 3.63) is 47.9 Å². The second-order valence-corrected chi connectivity index (χ2v) is 10.1. The molecule has 2 N–H and O–H groups in total. The number of carbonyl (C=O) groups excluding carboxylic acids is 1. The molecule has 0 spiro atoms. The molecule has 0 saturated heterocycles. The van der Waals surface area contributed by atoms with E-state index >= 15 is 0 Å². The van der Waals surface area contributed by atoms with Crippen LogP contribution in [0.3, 0.4) is 0 Å². The van der Waals surface area contributed by atoms with E-state index in [-0.39, 0.29) is 5.91 Å². The number of thiazole rings is 1. The Hall–Kier alpha value is -2.75. The highest BCUT2D eigenvalue weighted by Crippen LogP contribution is 2.38. The van der Waals surface area contributed by atoms with E-state index in [1.165, 1.54) is 18.3 Å². The van der Waals surface area contributed by atoms with Gasteiger partial charge in [-0.15, -0.1) is 9.39 Å². The topological polar surface area (TPSA) is 89.0 Å². The first kappa shape index (κ1) is 21.0. The Labute approximate surface area is 174 Å². The molecule has 0 aliphatic carbocycles. The summed E-state index contributed by atoms with van der Waals surface area (Å²) < 4.78 is 9.76. The van der Waals surface area contributed by atoms with Gasteiger partial charge in [-0.1, -0.05) is 29.1 Å². The van der Waals surface area contributed by atoms with Gasteiger partial charge in [0, 0.05) is 31.8 Å². The Morgan fingerprint density at radius 3 is 2.69 bits per heavy atom. The molecule has 0 atom stereocenters. The van der Waals surface area contributed by atoms with Crippen LogP contribution in [0.2, 0.25) is 0 Å². The molecule has 0 fully saturated rings. The highest BCUT2D eigenvalue weighted by molar-refractivity contribution is 8.27. The van der Waals surface area contributed by atoms with Crippen LogP contribution in [0, 0.1) is 6.92 Å². The van der Waals surface area contributed by atoms with Gasteiger partial charge in [-0.3, -0.25) is 14.5 Å². The van der Waals surface area contributed by atoms with Crippen molar-refractivity contribution in [2.45, 2.75) is 24.6 Å². The van der Waals surface area contributed by atoms with E-state index in [9.17, 15) is 4.79 Å². The third-order valence-electron chi connectivity index (χ3n) is 3.94. The number of hydrogen-bond acceptors (Lipinski definition) is 7. The molecule has 3 heterocycles. The maximum Gasteiger partial charge on any atom is 0.223 e. The zero-order chi connectivity index (χ0) is 21.0. The molecule has 0 aromatic carbocycles. The number of nitrogens with one attached hydrogen (secondary N) is 2. The summed E-state index contributed by atoms with van der Waals surface area (Å²) in [6, 6.07) is 9.41. The van der Waals surface area contributed by atoms with Crippen LogP contribution in [0.25, 0.3) is 11.4 Å². The Balaban J connectivity index is 1.83. The van der Waals surface area contributed by atoms with Crippen molar-refractivity contribution in [3.8, 4) is 17.1 Å². The summed E-state index contributed by atoms with van der Waals surface area (Å²) in [5.41, 5.74) is 3.10. The number of aryl methyl sites for hydroxylation is 1. The van der Waals surface area contributed by atoms with Crippen molar-refractivity contribution in [2.75, 3.05) is 12.4 Å². The molecule has 0 unspecified atom stereocenters. The van der Waals surface area contributed by atoms with Crippen LogP contribution < -0.4 is 14.8 Å². The van der Waals surface area contributed by atoms with Crippen molar-refractivity contribution >= 4 is 43.5 Å². The highest BCUT2D eigenvalue weighted by Gasteiger charge is 2.14. The number of ether oxygens (including phenoxy) is 1. The van der Waals surface area contributed by atoms with Crippen LogP contribution >= 0.6 is 20.7 Å². The number of hydrogen-bond donors (Lipinski definition) is 2. The third-order valence-corrected chi connectivity index (χ3v) is 7.71. The standard InChI is InChI=1S/C20H23N5O2S2/c1-13-19(28-20(23-13)24-14(2)26)29(4,5)22-12-15-10-16(27-3)11-18(25-15)17-8-6-7-9-21-17/h6-11,22H,4-5,12H2,1-3H3,(H,23,24,26). The summed E-state index contributed by atoms with van der Waals surface area (Å²) in [6.07, 6.45) is 1.73. The van der Waals surface area contributed by atoms with E-state index in [1.54, 1.807) is 13.3 Å². The SMILES string of the molecule is C=S(=C)(NCc1cc(OC)cc(-c2ccccn2)n1)c1sc(NC(C)=O)nc1C. The maximum absolute atomic E-state index is 11.3. The zero-order valence-electron chi connectivity index (χ0n) is 16.6. The van der Waals surface area contributed by atoms with E-state index < -0.39 is 9.39 Å². The van der Waals surface area contributed by atoms with Crippen LogP contribution in [-0.4, -0.2) is 39.7 Å². The third kappa shape index (κ3) is 5.20. The minimum absolute atomic E-state index is 0.158. The number of anilines is 1. The number of rotatable bonds is 7. The van der Waals surface area contributed by atoms with E-state index in [1.807, 2.05) is 37.3 Å². The second-order valence-electron chi connectivity index (χ2n) is 6.38. The molecule has 9 heteroatoms. The van der Waals surface area contributed by atoms with Crippen molar-refractivity contribution in [1.82, 2.24) is 19.7 Å². The largest absolute Gasteiger partial charge is 0.497 e. The predicted octanol–water partition coefficient (Wildman–Crippen LogP) is 3.61. The summed E-state index contributed by atoms with van der Waals surface area (Å²) in [7, 11) is -0.221. The fraction of sp³-hybridized carbons (Fsp3) is 0.200. The normalized spacial score (nSPS) is 11.3. The van der Waals surface area contributed by atoms with Gasteiger partial charge < -0.3 is 10.1 Å². The predicted molar refractivity (Wildman–Crippen MR) is 122 cm³/mol. The summed E-state index contributed by atoms with van der Waals surface area (Å²) in [4.78, 5) is 24.8. The van der Waals surface area contributed by atoms with Gasteiger partial charge in [0.05, 0.1) is 34.1 Å². The first-order valence-electron chi connectivity index (χ1n) is 8.74. The Morgan fingerprint density at radius 2 is 2.03 bits per heavy atom. The van der Waals surface area contributed by atoms with E-state index in [2.05, 4.69) is 31.7 Å². The lowest BCUT2D eigenvalue weighted by Crippen LogP contribution is -2.11. The summed E-state index contributed by atoms with van der Waals surface area (Å²) in [6.45, 7) is 3.79. The number of pyridine rings is 2. The molecule has 29 heavy (non-hydrogen) atoms. The number of nitrogens with zero attached hydrogens (tertiary/aromatic N) is 3. The number of amides is 1. The number of aromatic nitrogens is 3. The van der Waals surface area contributed by atoms with E-state index in [0.29, 0.717) is 17.4 Å². The molecular formula is C20H23N5O2S2. The lowest BCUT2D eigenvalue weighted by molar-refractivity contribution is -0.114. The Kier molecular flexibility index (Phi) is 6.31. The molecule has 0 radical (unpaired) electrons. The summed E-state index contributed by atoms with van der Waals surface area (Å²) in [5, 5.41) is 3.26. The van der Waals surface area contributed by atoms with Crippen LogP contribution in [0.4, 0.5) is 5.13 Å². The Morgan fingerprint density at radius 1 is 1.24 bits per heavy atom. The average molecular weight is 430 g/mol. The lowest BCUT2D eigenvalue weighted by Gasteiger charge is -2.16. The number of methoxy groups -OCH3 is 1. The fourth-order valence-corrected chi connectivity index (χ4v) is 5.60. The first-order valence-corrected chi connectivity index (χ1v) is 11.5. The molecule has 0 aliphatic heterocycles. The fourth-order valence-electron chi connectivity index (χ4n) is 2.64.